The summed E-state index contributed by atoms with van der Waals surface area (Å²) in [6.45, 7) is 6.47. The molecule has 0 heterocycles. The van der Waals surface area contributed by atoms with Crippen molar-refractivity contribution in [3.8, 4) is 0 Å². The van der Waals surface area contributed by atoms with Crippen LogP contribution < -0.4 is 5.73 Å². The molecule has 78 valence electrons. The highest BCUT2D eigenvalue weighted by Gasteiger charge is 2.15. The summed E-state index contributed by atoms with van der Waals surface area (Å²) in [7, 11) is 0. The Labute approximate surface area is 94.8 Å². The molecule has 0 spiro atoms. The number of rotatable bonds is 3. The van der Waals surface area contributed by atoms with Gasteiger partial charge >= 0.3 is 0 Å². The van der Waals surface area contributed by atoms with Gasteiger partial charge in [-0.15, -0.1) is 0 Å². The van der Waals surface area contributed by atoms with Gasteiger partial charge in [0.25, 0.3) is 0 Å². The molecular formula is C12H18BrN. The largest absolute Gasteiger partial charge is 0.324 e. The predicted octanol–water partition coefficient (Wildman–Crippen LogP) is 3.80. The van der Waals surface area contributed by atoms with E-state index < -0.39 is 0 Å². The van der Waals surface area contributed by atoms with Crippen molar-refractivity contribution < 1.29 is 0 Å². The molecule has 2 heteroatoms. The molecule has 1 nitrogen and oxygen atoms in total. The fourth-order valence-electron chi connectivity index (χ4n) is 1.48. The van der Waals surface area contributed by atoms with Crippen molar-refractivity contribution in [2.75, 3.05) is 0 Å². The van der Waals surface area contributed by atoms with Crippen molar-refractivity contribution in [3.63, 3.8) is 0 Å². The van der Waals surface area contributed by atoms with E-state index in [-0.39, 0.29) is 6.04 Å². The molecular weight excluding hydrogens is 238 g/mol. The monoisotopic (exact) mass is 255 g/mol. The highest BCUT2D eigenvalue weighted by atomic mass is 79.9. The fraction of sp³-hybridized carbons (Fsp3) is 0.500. The normalized spacial score (nSPS) is 15.2. The molecule has 0 aliphatic rings. The Balaban J connectivity index is 2.99. The third-order valence-corrected chi connectivity index (χ3v) is 3.49. The first-order chi connectivity index (χ1) is 6.56. The van der Waals surface area contributed by atoms with E-state index in [1.54, 1.807) is 0 Å². The van der Waals surface area contributed by atoms with E-state index in [1.165, 1.54) is 11.1 Å². The summed E-state index contributed by atoms with van der Waals surface area (Å²) in [5, 5.41) is 0. The number of aryl methyl sites for hydroxylation is 1. The van der Waals surface area contributed by atoms with E-state index in [2.05, 4.69) is 54.9 Å². The first-order valence-electron chi connectivity index (χ1n) is 5.08. The molecule has 0 aliphatic carbocycles. The summed E-state index contributed by atoms with van der Waals surface area (Å²) < 4.78 is 1.12. The number of nitrogens with two attached hydrogens (primary N) is 1. The van der Waals surface area contributed by atoms with Crippen LogP contribution in [0.4, 0.5) is 0 Å². The minimum Gasteiger partial charge on any atom is -0.324 e. The average molecular weight is 256 g/mol. The van der Waals surface area contributed by atoms with Gasteiger partial charge in [-0.3, -0.25) is 0 Å². The van der Waals surface area contributed by atoms with Gasteiger partial charge in [0.05, 0.1) is 0 Å². The molecule has 0 saturated carbocycles. The average Bonchev–Trinajstić information content (AvgIpc) is 2.19. The van der Waals surface area contributed by atoms with Gasteiger partial charge in [-0.05, 0) is 24.5 Å². The lowest BCUT2D eigenvalue weighted by molar-refractivity contribution is 0.455. The fourth-order valence-corrected chi connectivity index (χ4v) is 1.99. The minimum absolute atomic E-state index is 0.134. The van der Waals surface area contributed by atoms with E-state index in [1.807, 2.05) is 0 Å². The third-order valence-electron chi connectivity index (χ3n) is 2.77. The maximum absolute atomic E-state index is 6.19. The molecule has 0 amide bonds. The zero-order valence-corrected chi connectivity index (χ0v) is 10.6. The lowest BCUT2D eigenvalue weighted by atomic mass is 9.92. The van der Waals surface area contributed by atoms with Gasteiger partial charge in [-0.1, -0.05) is 53.9 Å². The summed E-state index contributed by atoms with van der Waals surface area (Å²) in [6, 6.07) is 6.47. The van der Waals surface area contributed by atoms with Crippen molar-refractivity contribution in [2.45, 2.75) is 33.2 Å². The van der Waals surface area contributed by atoms with Crippen LogP contribution in [0.1, 0.15) is 37.4 Å². The van der Waals surface area contributed by atoms with Crippen molar-refractivity contribution in [1.82, 2.24) is 0 Å². The number of benzene rings is 1. The Morgan fingerprint density at radius 3 is 2.64 bits per heavy atom. The zero-order chi connectivity index (χ0) is 10.7. The Morgan fingerprint density at radius 1 is 1.43 bits per heavy atom. The van der Waals surface area contributed by atoms with Crippen molar-refractivity contribution in [1.29, 1.82) is 0 Å². The van der Waals surface area contributed by atoms with Gasteiger partial charge in [0, 0.05) is 10.5 Å². The summed E-state index contributed by atoms with van der Waals surface area (Å²) in [5.74, 6) is 0.521. The molecule has 14 heavy (non-hydrogen) atoms. The molecule has 0 aromatic heterocycles. The Morgan fingerprint density at radius 2 is 2.07 bits per heavy atom. The van der Waals surface area contributed by atoms with Crippen LogP contribution in [-0.2, 0) is 0 Å². The molecule has 1 aromatic carbocycles. The molecule has 2 N–H and O–H groups in total. The van der Waals surface area contributed by atoms with Crippen LogP contribution in [0.25, 0.3) is 0 Å². The van der Waals surface area contributed by atoms with Crippen LogP contribution in [-0.4, -0.2) is 0 Å². The van der Waals surface area contributed by atoms with E-state index in [9.17, 15) is 0 Å². The summed E-state index contributed by atoms with van der Waals surface area (Å²) in [5.41, 5.74) is 8.68. The molecule has 0 aliphatic heterocycles. The van der Waals surface area contributed by atoms with Crippen LogP contribution in [0, 0.1) is 12.8 Å². The smallest absolute Gasteiger partial charge is 0.0332 e. The topological polar surface area (TPSA) is 26.0 Å². The predicted molar refractivity (Wildman–Crippen MR) is 65.3 cm³/mol. The molecule has 2 unspecified atom stereocenters. The zero-order valence-electron chi connectivity index (χ0n) is 9.05. The second kappa shape index (κ2) is 4.94. The second-order valence-electron chi connectivity index (χ2n) is 3.94. The maximum atomic E-state index is 6.19. The number of hydrogen-bond donors (Lipinski definition) is 1. The van der Waals surface area contributed by atoms with Crippen molar-refractivity contribution in [2.24, 2.45) is 11.7 Å². The van der Waals surface area contributed by atoms with Gasteiger partial charge in [0.1, 0.15) is 0 Å². The van der Waals surface area contributed by atoms with Crippen LogP contribution in [0.3, 0.4) is 0 Å². The first-order valence-corrected chi connectivity index (χ1v) is 5.87. The van der Waals surface area contributed by atoms with Gasteiger partial charge in [-0.25, -0.2) is 0 Å². The van der Waals surface area contributed by atoms with Crippen LogP contribution in [0.15, 0.2) is 22.7 Å². The highest BCUT2D eigenvalue weighted by Crippen LogP contribution is 2.28. The van der Waals surface area contributed by atoms with Crippen LogP contribution >= 0.6 is 15.9 Å². The first kappa shape index (κ1) is 11.7. The van der Waals surface area contributed by atoms with E-state index in [4.69, 9.17) is 5.73 Å². The molecule has 1 aromatic rings. The van der Waals surface area contributed by atoms with Gasteiger partial charge in [-0.2, -0.15) is 0 Å². The molecule has 0 bridgehead atoms. The summed E-state index contributed by atoms with van der Waals surface area (Å²) >= 11 is 3.55. The SMILES string of the molecule is CCC(C)C(N)c1cc(C)ccc1Br. The quantitative estimate of drug-likeness (QED) is 0.874. The number of halogens is 1. The Kier molecular flexibility index (Phi) is 4.14. The highest BCUT2D eigenvalue weighted by molar-refractivity contribution is 9.10. The summed E-state index contributed by atoms with van der Waals surface area (Å²) in [4.78, 5) is 0. The van der Waals surface area contributed by atoms with E-state index in [0.717, 1.165) is 10.9 Å². The van der Waals surface area contributed by atoms with Crippen LogP contribution in [0.5, 0.6) is 0 Å². The molecule has 0 fully saturated rings. The van der Waals surface area contributed by atoms with Gasteiger partial charge < -0.3 is 5.73 Å². The van der Waals surface area contributed by atoms with Crippen LogP contribution in [0.2, 0.25) is 0 Å². The second-order valence-corrected chi connectivity index (χ2v) is 4.79. The van der Waals surface area contributed by atoms with E-state index >= 15 is 0 Å². The summed E-state index contributed by atoms with van der Waals surface area (Å²) in [6.07, 6.45) is 1.11. The minimum atomic E-state index is 0.134. The Hall–Kier alpha value is -0.340. The molecule has 0 saturated heterocycles. The van der Waals surface area contributed by atoms with Crippen molar-refractivity contribution >= 4 is 15.9 Å². The van der Waals surface area contributed by atoms with Crippen molar-refractivity contribution in [3.05, 3.63) is 33.8 Å². The standard InChI is InChI=1S/C12H18BrN/c1-4-9(3)12(14)10-7-8(2)5-6-11(10)13/h5-7,9,12H,4,14H2,1-3H3. The lowest BCUT2D eigenvalue weighted by Crippen LogP contribution is -2.19. The lowest BCUT2D eigenvalue weighted by Gasteiger charge is -2.20. The molecule has 0 radical (unpaired) electrons. The molecule has 1 rings (SSSR count). The third kappa shape index (κ3) is 2.58. The van der Waals surface area contributed by atoms with Gasteiger partial charge in [0.15, 0.2) is 0 Å². The van der Waals surface area contributed by atoms with Gasteiger partial charge in [0.2, 0.25) is 0 Å². The van der Waals surface area contributed by atoms with E-state index in [0.29, 0.717) is 5.92 Å². The Bertz CT molecular complexity index is 309. The maximum Gasteiger partial charge on any atom is 0.0332 e. The molecule has 2 atom stereocenters. The number of hydrogen-bond acceptors (Lipinski definition) is 1.